The van der Waals surface area contributed by atoms with E-state index in [1.54, 1.807) is 11.3 Å². The van der Waals surface area contributed by atoms with Crippen molar-refractivity contribution in [1.82, 2.24) is 10.3 Å². The molecule has 1 N–H and O–H groups in total. The zero-order valence-electron chi connectivity index (χ0n) is 11.1. The van der Waals surface area contributed by atoms with Crippen LogP contribution in [0.3, 0.4) is 0 Å². The van der Waals surface area contributed by atoms with Gasteiger partial charge in [-0.2, -0.15) is 0 Å². The second-order valence-electron chi connectivity index (χ2n) is 4.65. The summed E-state index contributed by atoms with van der Waals surface area (Å²) in [5.74, 6) is 0.455. The highest BCUT2D eigenvalue weighted by molar-refractivity contribution is 9.10. The molecule has 1 atom stereocenters. The first-order valence-electron chi connectivity index (χ1n) is 6.10. The lowest BCUT2D eigenvalue weighted by atomic mass is 10.1. The Morgan fingerprint density at radius 2 is 2.11 bits per heavy atom. The molecule has 5 heteroatoms. The molecule has 102 valence electrons. The van der Waals surface area contributed by atoms with Crippen molar-refractivity contribution in [2.75, 3.05) is 7.05 Å². The minimum absolute atomic E-state index is 0.0872. The normalized spacial score (nSPS) is 12.9. The number of halogens is 2. The Balaban J connectivity index is 2.38. The summed E-state index contributed by atoms with van der Waals surface area (Å²) < 4.78 is 1.00. The molecule has 0 aliphatic carbocycles. The average Bonchev–Trinajstić information content (AvgIpc) is 2.82. The van der Waals surface area contributed by atoms with Crippen LogP contribution in [0.25, 0.3) is 0 Å². The van der Waals surface area contributed by atoms with Crippen molar-refractivity contribution in [3.05, 3.63) is 49.3 Å². The Labute approximate surface area is 131 Å². The summed E-state index contributed by atoms with van der Waals surface area (Å²) in [6, 6.07) is 5.94. The maximum Gasteiger partial charge on any atom is 0.114 e. The molecule has 2 nitrogen and oxygen atoms in total. The van der Waals surface area contributed by atoms with Crippen LogP contribution < -0.4 is 5.32 Å². The third-order valence-corrected chi connectivity index (χ3v) is 4.79. The standard InChI is InChI=1S/C14H16BrClN2S/c1-8(2)12-7-19-14(18-12)13(17-3)10-5-4-9(16)6-11(10)15/h4-8,13,17H,1-3H3. The molecule has 0 bridgehead atoms. The number of nitrogens with zero attached hydrogens (tertiary/aromatic N) is 1. The van der Waals surface area contributed by atoms with Crippen molar-refractivity contribution in [1.29, 1.82) is 0 Å². The van der Waals surface area contributed by atoms with Crippen LogP contribution in [0.5, 0.6) is 0 Å². The zero-order chi connectivity index (χ0) is 14.0. The molecular formula is C14H16BrClN2S. The van der Waals surface area contributed by atoms with Gasteiger partial charge in [0.25, 0.3) is 0 Å². The van der Waals surface area contributed by atoms with E-state index in [1.165, 1.54) is 0 Å². The molecule has 2 rings (SSSR count). The van der Waals surface area contributed by atoms with Crippen LogP contribution in [0.1, 0.15) is 42.1 Å². The third kappa shape index (κ3) is 3.37. The highest BCUT2D eigenvalue weighted by Gasteiger charge is 2.19. The fourth-order valence-corrected chi connectivity index (χ4v) is 3.86. The van der Waals surface area contributed by atoms with Crippen LogP contribution in [-0.4, -0.2) is 12.0 Å². The molecule has 0 radical (unpaired) electrons. The molecule has 1 heterocycles. The molecule has 0 spiro atoms. The van der Waals surface area contributed by atoms with E-state index >= 15 is 0 Å². The molecule has 1 aromatic heterocycles. The highest BCUT2D eigenvalue weighted by Crippen LogP contribution is 2.32. The Bertz CT molecular complexity index is 568. The number of hydrogen-bond donors (Lipinski definition) is 1. The lowest BCUT2D eigenvalue weighted by Gasteiger charge is -2.16. The number of benzene rings is 1. The summed E-state index contributed by atoms with van der Waals surface area (Å²) in [7, 11) is 1.95. The fourth-order valence-electron chi connectivity index (χ4n) is 1.85. The summed E-state index contributed by atoms with van der Waals surface area (Å²) in [4.78, 5) is 4.72. The summed E-state index contributed by atoms with van der Waals surface area (Å²) >= 11 is 11.3. The van der Waals surface area contributed by atoms with Gasteiger partial charge in [-0.1, -0.05) is 47.4 Å². The van der Waals surface area contributed by atoms with Gasteiger partial charge in [0, 0.05) is 14.9 Å². The average molecular weight is 360 g/mol. The number of hydrogen-bond acceptors (Lipinski definition) is 3. The van der Waals surface area contributed by atoms with Gasteiger partial charge in [-0.05, 0) is 30.7 Å². The Morgan fingerprint density at radius 3 is 2.63 bits per heavy atom. The highest BCUT2D eigenvalue weighted by atomic mass is 79.9. The minimum Gasteiger partial charge on any atom is -0.307 e. The first-order valence-corrected chi connectivity index (χ1v) is 8.15. The predicted molar refractivity (Wildman–Crippen MR) is 86.3 cm³/mol. The molecule has 0 fully saturated rings. The van der Waals surface area contributed by atoms with E-state index in [9.17, 15) is 0 Å². The largest absolute Gasteiger partial charge is 0.307 e. The molecule has 0 aliphatic heterocycles. The molecule has 0 aliphatic rings. The van der Waals surface area contributed by atoms with Crippen LogP contribution in [0.15, 0.2) is 28.1 Å². The van der Waals surface area contributed by atoms with Crippen LogP contribution in [0, 0.1) is 0 Å². The fraction of sp³-hybridized carbons (Fsp3) is 0.357. The molecule has 2 aromatic rings. The molecule has 19 heavy (non-hydrogen) atoms. The minimum atomic E-state index is 0.0872. The van der Waals surface area contributed by atoms with E-state index < -0.39 is 0 Å². The monoisotopic (exact) mass is 358 g/mol. The van der Waals surface area contributed by atoms with Gasteiger partial charge in [-0.25, -0.2) is 4.98 Å². The van der Waals surface area contributed by atoms with Crippen molar-refractivity contribution < 1.29 is 0 Å². The van der Waals surface area contributed by atoms with Crippen LogP contribution in [0.4, 0.5) is 0 Å². The molecular weight excluding hydrogens is 344 g/mol. The van der Waals surface area contributed by atoms with E-state index in [4.69, 9.17) is 16.6 Å². The molecule has 0 saturated heterocycles. The maximum absolute atomic E-state index is 5.99. The topological polar surface area (TPSA) is 24.9 Å². The quantitative estimate of drug-likeness (QED) is 0.831. The second-order valence-corrected chi connectivity index (χ2v) is 6.83. The van der Waals surface area contributed by atoms with Crippen molar-refractivity contribution >= 4 is 38.9 Å². The number of rotatable bonds is 4. The Hall–Kier alpha value is -0.420. The van der Waals surface area contributed by atoms with Gasteiger partial charge >= 0.3 is 0 Å². The van der Waals surface area contributed by atoms with E-state index in [0.717, 1.165) is 25.8 Å². The summed E-state index contributed by atoms with van der Waals surface area (Å²) in [6.45, 7) is 4.32. The maximum atomic E-state index is 5.99. The zero-order valence-corrected chi connectivity index (χ0v) is 14.2. The molecule has 1 aromatic carbocycles. The molecule has 0 saturated carbocycles. The van der Waals surface area contributed by atoms with Crippen LogP contribution in [-0.2, 0) is 0 Å². The van der Waals surface area contributed by atoms with Crippen molar-refractivity contribution in [3.63, 3.8) is 0 Å². The Morgan fingerprint density at radius 1 is 1.37 bits per heavy atom. The second kappa shape index (κ2) is 6.35. The first-order chi connectivity index (χ1) is 9.02. The smallest absolute Gasteiger partial charge is 0.114 e. The van der Waals surface area contributed by atoms with Crippen molar-refractivity contribution in [3.8, 4) is 0 Å². The Kier molecular flexibility index (Phi) is 5.01. The van der Waals surface area contributed by atoms with Gasteiger partial charge in [0.05, 0.1) is 11.7 Å². The summed E-state index contributed by atoms with van der Waals surface area (Å²) in [6.07, 6.45) is 0. The predicted octanol–water partition coefficient (Wildman–Crippen LogP) is 4.99. The van der Waals surface area contributed by atoms with Crippen LogP contribution >= 0.6 is 38.9 Å². The van der Waals surface area contributed by atoms with E-state index in [-0.39, 0.29) is 6.04 Å². The van der Waals surface area contributed by atoms with E-state index in [0.29, 0.717) is 5.92 Å². The lowest BCUT2D eigenvalue weighted by Crippen LogP contribution is -2.18. The number of aromatic nitrogens is 1. The SMILES string of the molecule is CNC(c1nc(C(C)C)cs1)c1ccc(Cl)cc1Br. The van der Waals surface area contributed by atoms with Gasteiger partial charge in [0.15, 0.2) is 0 Å². The van der Waals surface area contributed by atoms with Crippen molar-refractivity contribution in [2.24, 2.45) is 0 Å². The van der Waals surface area contributed by atoms with Gasteiger partial charge in [-0.15, -0.1) is 11.3 Å². The number of thiazole rings is 1. The van der Waals surface area contributed by atoms with Crippen LogP contribution in [0.2, 0.25) is 5.02 Å². The van der Waals surface area contributed by atoms with Gasteiger partial charge in [0.2, 0.25) is 0 Å². The van der Waals surface area contributed by atoms with Gasteiger partial charge in [-0.3, -0.25) is 0 Å². The molecule has 1 unspecified atom stereocenters. The van der Waals surface area contributed by atoms with Gasteiger partial charge in [0.1, 0.15) is 5.01 Å². The third-order valence-electron chi connectivity index (χ3n) is 2.94. The van der Waals surface area contributed by atoms with Gasteiger partial charge < -0.3 is 5.32 Å². The number of nitrogens with one attached hydrogen (secondary N) is 1. The van der Waals surface area contributed by atoms with E-state index in [1.807, 2.05) is 25.2 Å². The lowest BCUT2D eigenvalue weighted by molar-refractivity contribution is 0.676. The summed E-state index contributed by atoms with van der Waals surface area (Å²) in [5, 5.41) is 7.26. The summed E-state index contributed by atoms with van der Waals surface area (Å²) in [5.41, 5.74) is 2.29. The molecule has 0 amide bonds. The first kappa shape index (κ1) is 15.0. The van der Waals surface area contributed by atoms with E-state index in [2.05, 4.69) is 40.5 Å². The van der Waals surface area contributed by atoms with Crippen molar-refractivity contribution in [2.45, 2.75) is 25.8 Å².